The lowest BCUT2D eigenvalue weighted by atomic mass is 9.87. The molecule has 0 radical (unpaired) electrons. The van der Waals surface area contributed by atoms with Gasteiger partial charge in [0.15, 0.2) is 10.9 Å². The van der Waals surface area contributed by atoms with Crippen molar-refractivity contribution in [2.45, 2.75) is 45.6 Å². The highest BCUT2D eigenvalue weighted by Gasteiger charge is 2.42. The van der Waals surface area contributed by atoms with Gasteiger partial charge in [-0.15, -0.1) is 0 Å². The molecule has 0 saturated heterocycles. The smallest absolute Gasteiger partial charge is 0.414 e. The van der Waals surface area contributed by atoms with E-state index in [0.717, 1.165) is 5.56 Å². The van der Waals surface area contributed by atoms with Gasteiger partial charge in [-0.2, -0.15) is 0 Å². The molecule has 1 amide bonds. The number of hydrogen-bond donors (Lipinski definition) is 0. The summed E-state index contributed by atoms with van der Waals surface area (Å²) in [4.78, 5) is 30.0. The second kappa shape index (κ2) is 6.06. The zero-order chi connectivity index (χ0) is 17.6. The predicted molar refractivity (Wildman–Crippen MR) is 94.0 cm³/mol. The van der Waals surface area contributed by atoms with Crippen molar-refractivity contribution in [2.75, 3.05) is 16.8 Å². The van der Waals surface area contributed by atoms with E-state index in [2.05, 4.69) is 20.9 Å². The molecule has 0 saturated carbocycles. The minimum absolute atomic E-state index is 0.142. The number of amides is 1. The zero-order valence-corrected chi connectivity index (χ0v) is 16.2. The van der Waals surface area contributed by atoms with Crippen LogP contribution in [0.3, 0.4) is 0 Å². The van der Waals surface area contributed by atoms with E-state index < -0.39 is 11.7 Å². The number of ketones is 1. The standard InChI is InChI=1S/C16H20BrClN2O3/c1-15(2,3)23-14(22)20-8-16(4,5)9-6-10(11(21)7-17)19-13(18)12(9)20/h6H,7-8H2,1-5H3. The fourth-order valence-corrected chi connectivity index (χ4v) is 3.11. The van der Waals surface area contributed by atoms with Crippen LogP contribution in [0.4, 0.5) is 10.5 Å². The van der Waals surface area contributed by atoms with Crippen LogP contribution in [0.2, 0.25) is 5.15 Å². The van der Waals surface area contributed by atoms with Crippen molar-refractivity contribution < 1.29 is 14.3 Å². The Morgan fingerprint density at radius 2 is 2.04 bits per heavy atom. The van der Waals surface area contributed by atoms with E-state index in [-0.39, 0.29) is 21.7 Å². The number of pyridine rings is 1. The van der Waals surface area contributed by atoms with Gasteiger partial charge >= 0.3 is 6.09 Å². The number of rotatable bonds is 2. The van der Waals surface area contributed by atoms with Crippen LogP contribution in [0, 0.1) is 0 Å². The number of alkyl halides is 1. The molecule has 2 rings (SSSR count). The largest absolute Gasteiger partial charge is 0.443 e. The summed E-state index contributed by atoms with van der Waals surface area (Å²) in [6, 6.07) is 1.72. The molecule has 0 aliphatic carbocycles. The number of fused-ring (bicyclic) bond motifs is 1. The second-order valence-corrected chi connectivity index (χ2v) is 8.12. The van der Waals surface area contributed by atoms with Gasteiger partial charge in [0.1, 0.15) is 11.3 Å². The maximum Gasteiger partial charge on any atom is 0.414 e. The Labute approximate surface area is 149 Å². The van der Waals surface area contributed by atoms with Crippen LogP contribution >= 0.6 is 27.5 Å². The number of nitrogens with zero attached hydrogens (tertiary/aromatic N) is 2. The summed E-state index contributed by atoms with van der Waals surface area (Å²) in [5.41, 5.74) is 0.699. The van der Waals surface area contributed by atoms with E-state index in [1.807, 2.05) is 34.6 Å². The molecule has 7 heteroatoms. The number of halogens is 2. The highest BCUT2D eigenvalue weighted by atomic mass is 79.9. The molecule has 1 aromatic heterocycles. The third kappa shape index (κ3) is 3.69. The number of anilines is 1. The number of hydrogen-bond acceptors (Lipinski definition) is 4. The second-order valence-electron chi connectivity index (χ2n) is 7.20. The van der Waals surface area contributed by atoms with Crippen LogP contribution in [0.25, 0.3) is 0 Å². The molecule has 0 aromatic carbocycles. The van der Waals surface area contributed by atoms with Gasteiger partial charge in [0, 0.05) is 12.0 Å². The molecule has 126 valence electrons. The molecule has 0 bridgehead atoms. The average molecular weight is 404 g/mol. The van der Waals surface area contributed by atoms with Crippen LogP contribution in [0.5, 0.6) is 0 Å². The highest BCUT2D eigenvalue weighted by molar-refractivity contribution is 9.09. The van der Waals surface area contributed by atoms with Crippen LogP contribution in [0.15, 0.2) is 6.07 Å². The van der Waals surface area contributed by atoms with Crippen LogP contribution in [0.1, 0.15) is 50.7 Å². The summed E-state index contributed by atoms with van der Waals surface area (Å²) in [6.07, 6.45) is -0.465. The molecule has 0 spiro atoms. The van der Waals surface area contributed by atoms with E-state index in [1.165, 1.54) is 4.90 Å². The molecule has 1 aliphatic heterocycles. The van der Waals surface area contributed by atoms with Crippen LogP contribution < -0.4 is 4.90 Å². The van der Waals surface area contributed by atoms with Crippen molar-refractivity contribution in [2.24, 2.45) is 0 Å². The monoisotopic (exact) mass is 402 g/mol. The van der Waals surface area contributed by atoms with Crippen molar-refractivity contribution in [3.8, 4) is 0 Å². The Morgan fingerprint density at radius 1 is 1.43 bits per heavy atom. The minimum Gasteiger partial charge on any atom is -0.443 e. The Kier molecular flexibility index (Phi) is 4.79. The Morgan fingerprint density at radius 3 is 2.57 bits per heavy atom. The van der Waals surface area contributed by atoms with E-state index in [0.29, 0.717) is 17.9 Å². The SMILES string of the molecule is CC(C)(C)OC(=O)N1CC(C)(C)c2cc(C(=O)CBr)nc(Cl)c21. The Balaban J connectivity index is 2.50. The lowest BCUT2D eigenvalue weighted by Crippen LogP contribution is -2.38. The minimum atomic E-state index is -0.601. The van der Waals surface area contributed by atoms with Crippen LogP contribution in [-0.2, 0) is 10.2 Å². The summed E-state index contributed by atoms with van der Waals surface area (Å²) in [5, 5.41) is 0.314. The van der Waals surface area contributed by atoms with Crippen molar-refractivity contribution >= 4 is 45.1 Å². The molecular formula is C16H20BrClN2O3. The molecule has 5 nitrogen and oxygen atoms in total. The van der Waals surface area contributed by atoms with Gasteiger partial charge in [-0.1, -0.05) is 41.4 Å². The fourth-order valence-electron chi connectivity index (χ4n) is 2.52. The van der Waals surface area contributed by atoms with Crippen molar-refractivity contribution in [3.05, 3.63) is 22.5 Å². The third-order valence-electron chi connectivity index (χ3n) is 3.52. The van der Waals surface area contributed by atoms with E-state index in [9.17, 15) is 9.59 Å². The molecule has 1 aliphatic rings. The molecule has 0 atom stereocenters. The lowest BCUT2D eigenvalue weighted by molar-refractivity contribution is 0.0579. The molecule has 2 heterocycles. The molecule has 0 unspecified atom stereocenters. The first-order valence-electron chi connectivity index (χ1n) is 7.27. The van der Waals surface area contributed by atoms with Gasteiger partial charge in [0.25, 0.3) is 0 Å². The summed E-state index contributed by atoms with van der Waals surface area (Å²) < 4.78 is 5.45. The van der Waals surface area contributed by atoms with Gasteiger partial charge in [-0.3, -0.25) is 9.69 Å². The van der Waals surface area contributed by atoms with Crippen LogP contribution in [-0.4, -0.2) is 34.3 Å². The normalized spacial score (nSPS) is 16.2. The molecule has 1 aromatic rings. The fraction of sp³-hybridized carbons (Fsp3) is 0.562. The number of Topliss-reactive ketones (excluding diaryl/α,β-unsaturated/α-hetero) is 1. The first kappa shape index (κ1) is 18.2. The Hall–Kier alpha value is -1.14. The van der Waals surface area contributed by atoms with Gasteiger partial charge in [-0.25, -0.2) is 9.78 Å². The first-order chi connectivity index (χ1) is 10.5. The lowest BCUT2D eigenvalue weighted by Gasteiger charge is -2.26. The molecule has 23 heavy (non-hydrogen) atoms. The van der Waals surface area contributed by atoms with Gasteiger partial charge < -0.3 is 4.74 Å². The maximum absolute atomic E-state index is 12.5. The number of aromatic nitrogens is 1. The van der Waals surface area contributed by atoms with Crippen molar-refractivity contribution in [1.82, 2.24) is 4.98 Å². The van der Waals surface area contributed by atoms with E-state index >= 15 is 0 Å². The summed E-state index contributed by atoms with van der Waals surface area (Å²) >= 11 is 9.42. The molecule has 0 N–H and O–H groups in total. The topological polar surface area (TPSA) is 59.5 Å². The summed E-state index contributed by atoms with van der Waals surface area (Å²) in [7, 11) is 0. The number of carbonyl (C=O) groups is 2. The number of carbonyl (C=O) groups excluding carboxylic acids is 2. The number of ether oxygens (including phenoxy) is 1. The Bertz CT molecular complexity index is 668. The highest BCUT2D eigenvalue weighted by Crippen LogP contribution is 2.44. The van der Waals surface area contributed by atoms with E-state index in [1.54, 1.807) is 6.07 Å². The molecule has 0 fully saturated rings. The maximum atomic E-state index is 12.5. The summed E-state index contributed by atoms with van der Waals surface area (Å²) in [5.74, 6) is -0.152. The molecular weight excluding hydrogens is 384 g/mol. The predicted octanol–water partition coefficient (Wildman–Crippen LogP) is 4.35. The quantitative estimate of drug-likeness (QED) is 0.418. The van der Waals surface area contributed by atoms with Gasteiger partial charge in [0.05, 0.1) is 11.0 Å². The van der Waals surface area contributed by atoms with Gasteiger partial charge in [-0.05, 0) is 32.4 Å². The average Bonchev–Trinajstić information content (AvgIpc) is 2.68. The zero-order valence-electron chi connectivity index (χ0n) is 13.9. The first-order valence-corrected chi connectivity index (χ1v) is 8.77. The van der Waals surface area contributed by atoms with E-state index in [4.69, 9.17) is 16.3 Å². The third-order valence-corrected chi connectivity index (χ3v) is 4.30. The van der Waals surface area contributed by atoms with Gasteiger partial charge in [0.2, 0.25) is 0 Å². The van der Waals surface area contributed by atoms with Crippen molar-refractivity contribution in [3.63, 3.8) is 0 Å². The van der Waals surface area contributed by atoms with Crippen molar-refractivity contribution in [1.29, 1.82) is 0 Å². The summed E-state index contributed by atoms with van der Waals surface area (Å²) in [6.45, 7) is 9.84.